The minimum Gasteiger partial charge on any atom is -0.357 e. The topological polar surface area (TPSA) is 72.9 Å². The van der Waals surface area contributed by atoms with Crippen LogP contribution in [0.2, 0.25) is 0 Å². The number of halogens is 3. The molecule has 1 saturated heterocycles. The molecule has 0 spiro atoms. The molecule has 0 aromatic carbocycles. The molecule has 2 rings (SSSR count). The number of aliphatic imine (C=N–C) groups is 1. The molecule has 28 heavy (non-hydrogen) atoms. The summed E-state index contributed by atoms with van der Waals surface area (Å²) >= 11 is 1.01. The maximum Gasteiger partial charge on any atom is 0.434 e. The van der Waals surface area contributed by atoms with Crippen molar-refractivity contribution in [3.05, 3.63) is 16.1 Å². The van der Waals surface area contributed by atoms with Crippen molar-refractivity contribution in [2.24, 2.45) is 4.99 Å². The summed E-state index contributed by atoms with van der Waals surface area (Å²) in [5.41, 5.74) is -0.835. The molecule has 0 unspecified atom stereocenters. The molecule has 0 aliphatic carbocycles. The van der Waals surface area contributed by atoms with Crippen LogP contribution in [0.15, 0.2) is 10.4 Å². The van der Waals surface area contributed by atoms with E-state index in [-0.39, 0.29) is 5.91 Å². The summed E-state index contributed by atoms with van der Waals surface area (Å²) in [5.74, 6) is 0.747. The van der Waals surface area contributed by atoms with Crippen molar-refractivity contribution in [3.63, 3.8) is 0 Å². The molecular formula is C17H27F3N6OS. The van der Waals surface area contributed by atoms with Gasteiger partial charge in [0.1, 0.15) is 0 Å². The van der Waals surface area contributed by atoms with E-state index in [1.54, 1.807) is 6.92 Å². The zero-order valence-electron chi connectivity index (χ0n) is 16.2. The third kappa shape index (κ3) is 7.27. The monoisotopic (exact) mass is 420 g/mol. The summed E-state index contributed by atoms with van der Waals surface area (Å²) in [6, 6.07) is 0. The van der Waals surface area contributed by atoms with Crippen LogP contribution in [0.1, 0.15) is 24.5 Å². The number of carbonyl (C=O) groups is 1. The molecule has 1 aromatic rings. The molecule has 0 radical (unpaired) electrons. The van der Waals surface area contributed by atoms with Crippen LogP contribution in [0.3, 0.4) is 0 Å². The molecule has 1 aliphatic heterocycles. The third-order valence-corrected chi connectivity index (χ3v) is 5.23. The number of hydrogen-bond acceptors (Lipinski definition) is 5. The average molecular weight is 421 g/mol. The highest BCUT2D eigenvalue weighted by atomic mass is 32.1. The predicted molar refractivity (Wildman–Crippen MR) is 103 cm³/mol. The lowest BCUT2D eigenvalue weighted by atomic mass is 10.3. The lowest BCUT2D eigenvalue weighted by Gasteiger charge is -2.33. The maximum atomic E-state index is 12.6. The Kier molecular flexibility index (Phi) is 8.49. The van der Waals surface area contributed by atoms with E-state index in [0.717, 1.165) is 49.4 Å². The van der Waals surface area contributed by atoms with Crippen molar-refractivity contribution in [2.75, 3.05) is 52.4 Å². The van der Waals surface area contributed by atoms with Crippen LogP contribution in [0.4, 0.5) is 13.2 Å². The standard InChI is InChI=1S/C17H27F3N6OS/c1-3-21-16(22-5-4-15-24-14(12-28-15)17(18,19)20)23-6-7-25-8-10-26(11-9-25)13(2)27/h12H,3-11H2,1-2H3,(H2,21,22,23). The number of guanidine groups is 1. The van der Waals surface area contributed by atoms with Crippen molar-refractivity contribution in [3.8, 4) is 0 Å². The molecule has 0 saturated carbocycles. The molecule has 2 N–H and O–H groups in total. The van der Waals surface area contributed by atoms with E-state index in [2.05, 4.69) is 25.5 Å². The lowest BCUT2D eigenvalue weighted by molar-refractivity contribution is -0.140. The van der Waals surface area contributed by atoms with Crippen molar-refractivity contribution in [1.82, 2.24) is 25.4 Å². The quantitative estimate of drug-likeness (QED) is 0.516. The Bertz CT molecular complexity index is 656. The van der Waals surface area contributed by atoms with Crippen LogP contribution in [0.5, 0.6) is 0 Å². The molecule has 158 valence electrons. The van der Waals surface area contributed by atoms with Gasteiger partial charge in [-0.25, -0.2) is 4.98 Å². The molecule has 1 aromatic heterocycles. The Balaban J connectivity index is 1.73. The Morgan fingerprint density at radius 2 is 2.00 bits per heavy atom. The van der Waals surface area contributed by atoms with E-state index >= 15 is 0 Å². The first-order chi connectivity index (χ1) is 13.3. The molecule has 1 aliphatic rings. The van der Waals surface area contributed by atoms with Gasteiger partial charge in [-0.1, -0.05) is 0 Å². The fraction of sp³-hybridized carbons (Fsp3) is 0.706. The molecule has 11 heteroatoms. The second kappa shape index (κ2) is 10.6. The normalized spacial score (nSPS) is 16.3. The highest BCUT2D eigenvalue weighted by Gasteiger charge is 2.33. The summed E-state index contributed by atoms with van der Waals surface area (Å²) in [7, 11) is 0. The highest BCUT2D eigenvalue weighted by molar-refractivity contribution is 7.09. The van der Waals surface area contributed by atoms with Crippen molar-refractivity contribution >= 4 is 23.2 Å². The van der Waals surface area contributed by atoms with Crippen LogP contribution >= 0.6 is 11.3 Å². The van der Waals surface area contributed by atoms with E-state index in [1.807, 2.05) is 11.8 Å². The number of piperazine rings is 1. The molecule has 0 bridgehead atoms. The van der Waals surface area contributed by atoms with Crippen molar-refractivity contribution in [1.29, 1.82) is 0 Å². The van der Waals surface area contributed by atoms with Gasteiger partial charge >= 0.3 is 6.18 Å². The molecular weight excluding hydrogens is 393 g/mol. The average Bonchev–Trinajstić information content (AvgIpc) is 3.11. The summed E-state index contributed by atoms with van der Waals surface area (Å²) in [5, 5.41) is 7.74. The maximum absolute atomic E-state index is 12.6. The fourth-order valence-corrected chi connectivity index (χ4v) is 3.58. The van der Waals surface area contributed by atoms with Gasteiger partial charge in [0.15, 0.2) is 11.7 Å². The van der Waals surface area contributed by atoms with Gasteiger partial charge in [0.25, 0.3) is 0 Å². The fourth-order valence-electron chi connectivity index (χ4n) is 2.78. The van der Waals surface area contributed by atoms with Crippen LogP contribution in [-0.4, -0.2) is 79.0 Å². The summed E-state index contributed by atoms with van der Waals surface area (Å²) in [4.78, 5) is 23.6. The number of rotatable bonds is 7. The van der Waals surface area contributed by atoms with E-state index in [4.69, 9.17) is 0 Å². The predicted octanol–water partition coefficient (Wildman–Crippen LogP) is 1.42. The largest absolute Gasteiger partial charge is 0.434 e. The Morgan fingerprint density at radius 1 is 1.29 bits per heavy atom. The summed E-state index contributed by atoms with van der Waals surface area (Å²) in [6.07, 6.45) is -3.99. The SMILES string of the molecule is CCNC(=NCCN1CCN(C(C)=O)CC1)NCCc1nc(C(F)(F)F)cs1. The minimum absolute atomic E-state index is 0.110. The second-order valence-electron chi connectivity index (χ2n) is 6.41. The highest BCUT2D eigenvalue weighted by Crippen LogP contribution is 2.29. The summed E-state index contributed by atoms with van der Waals surface area (Å²) in [6.45, 7) is 9.24. The number of amides is 1. The van der Waals surface area contributed by atoms with Gasteiger partial charge in [-0.15, -0.1) is 11.3 Å². The second-order valence-corrected chi connectivity index (χ2v) is 7.35. The number of carbonyl (C=O) groups excluding carboxylic acids is 1. The Hall–Kier alpha value is -1.88. The van der Waals surface area contributed by atoms with E-state index in [9.17, 15) is 18.0 Å². The number of aromatic nitrogens is 1. The number of thiazole rings is 1. The molecule has 7 nitrogen and oxygen atoms in total. The van der Waals surface area contributed by atoms with Gasteiger partial charge < -0.3 is 15.5 Å². The van der Waals surface area contributed by atoms with Crippen molar-refractivity contribution in [2.45, 2.75) is 26.4 Å². The Morgan fingerprint density at radius 3 is 2.57 bits per heavy atom. The zero-order chi connectivity index (χ0) is 20.6. The van der Waals surface area contributed by atoms with Gasteiger partial charge in [-0.05, 0) is 6.92 Å². The van der Waals surface area contributed by atoms with Gasteiger partial charge in [0.05, 0.1) is 11.6 Å². The molecule has 1 amide bonds. The smallest absolute Gasteiger partial charge is 0.357 e. The van der Waals surface area contributed by atoms with Gasteiger partial charge in [-0.2, -0.15) is 13.2 Å². The van der Waals surface area contributed by atoms with Crippen LogP contribution < -0.4 is 10.6 Å². The number of hydrogen-bond donors (Lipinski definition) is 2. The molecule has 0 atom stereocenters. The lowest BCUT2D eigenvalue weighted by Crippen LogP contribution is -2.48. The van der Waals surface area contributed by atoms with Gasteiger partial charge in [0, 0.05) is 64.5 Å². The zero-order valence-corrected chi connectivity index (χ0v) is 17.0. The van der Waals surface area contributed by atoms with Gasteiger partial charge in [-0.3, -0.25) is 14.7 Å². The van der Waals surface area contributed by atoms with Crippen LogP contribution in [0.25, 0.3) is 0 Å². The minimum atomic E-state index is -4.39. The van der Waals surface area contributed by atoms with E-state index in [1.165, 1.54) is 0 Å². The van der Waals surface area contributed by atoms with E-state index < -0.39 is 11.9 Å². The number of alkyl halides is 3. The van der Waals surface area contributed by atoms with E-state index in [0.29, 0.717) is 37.0 Å². The number of nitrogens with one attached hydrogen (secondary N) is 2. The molecule has 2 heterocycles. The van der Waals surface area contributed by atoms with Crippen LogP contribution in [0, 0.1) is 0 Å². The Labute approximate surface area is 167 Å². The van der Waals surface area contributed by atoms with Crippen LogP contribution in [-0.2, 0) is 17.4 Å². The van der Waals surface area contributed by atoms with Crippen molar-refractivity contribution < 1.29 is 18.0 Å². The number of nitrogens with zero attached hydrogens (tertiary/aromatic N) is 4. The van der Waals surface area contributed by atoms with Gasteiger partial charge in [0.2, 0.25) is 5.91 Å². The summed E-state index contributed by atoms with van der Waals surface area (Å²) < 4.78 is 37.7. The first-order valence-electron chi connectivity index (χ1n) is 9.31. The molecule has 1 fully saturated rings. The first kappa shape index (κ1) is 22.4. The third-order valence-electron chi connectivity index (χ3n) is 4.32. The first-order valence-corrected chi connectivity index (χ1v) is 10.2.